The number of hydrogen-bond acceptors (Lipinski definition) is 15. The van der Waals surface area contributed by atoms with Crippen LogP contribution in [0.15, 0.2) is 75.6 Å². The van der Waals surface area contributed by atoms with Crippen LogP contribution >= 0.6 is 23.2 Å². The Kier molecular flexibility index (Phi) is 17.6. The third-order valence-corrected chi connectivity index (χ3v) is 11.4. The van der Waals surface area contributed by atoms with Crippen molar-refractivity contribution in [2.24, 2.45) is 17.6 Å². The lowest BCUT2D eigenvalue weighted by Crippen LogP contribution is -2.55. The lowest BCUT2D eigenvalue weighted by Gasteiger charge is -2.29. The molecule has 0 radical (unpaired) electrons. The number of hydrogen-bond donors (Lipinski definition) is 8. The van der Waals surface area contributed by atoms with Crippen LogP contribution in [0.2, 0.25) is 10.0 Å². The molecule has 2 fully saturated rings. The number of nitrogens with two attached hydrogens (primary N) is 2. The van der Waals surface area contributed by atoms with E-state index in [-0.39, 0.29) is 62.4 Å². The Morgan fingerprint density at radius 3 is 1.51 bits per heavy atom. The number of halogens is 11. The standard InChI is InChI=1S/C17H15F3N6O3.C9H6ClF3N2O2.C8H10N4O.C6H5ClN2O2.C3H3F3O/c1-16(17(18,19)20)25-14(28)10-5-4-9(15(29)26(10)16)23-11-6-12(22-7-21-11)24-13(27)8-2-3-8;1-8(9(11,12)13)14-6(16)5-3-2-4(10)7(17)15(5)8;9-6-3-7(11-4-10-6)12-8(13)5-1-2-5;7-3-1-2-4(5(8)10)9-6(3)11;1-2(7)3(4,5)6/h4-8H,2-3H2,1H3,(H,25,28)(H2,21,22,23,24,27);2-3H,1H3,(H,14,16);3-5H,1-2H2,(H3,9,10,11,12,13);1-2H,(H2,8,10)(H,9,11);1H3. The molecule has 7 heterocycles. The highest BCUT2D eigenvalue weighted by molar-refractivity contribution is 6.30. The molecule has 77 heavy (non-hydrogen) atoms. The van der Waals surface area contributed by atoms with E-state index in [1.807, 2.05) is 5.32 Å². The number of primary amides is 1. The highest BCUT2D eigenvalue weighted by Gasteiger charge is 2.60. The Hall–Kier alpha value is -8.42. The summed E-state index contributed by atoms with van der Waals surface area (Å²) in [4.78, 5) is 119. The number of carbonyl (C=O) groups is 6. The molecular weight excluding hydrogens is 1100 g/mol. The highest BCUT2D eigenvalue weighted by Crippen LogP contribution is 2.39. The van der Waals surface area contributed by atoms with Gasteiger partial charge in [0, 0.05) is 30.9 Å². The zero-order chi connectivity index (χ0) is 57.7. The second-order valence-electron chi connectivity index (χ2n) is 16.8. The summed E-state index contributed by atoms with van der Waals surface area (Å²) in [5, 5.41) is 11.1. The van der Waals surface area contributed by atoms with Gasteiger partial charge < -0.3 is 43.0 Å². The van der Waals surface area contributed by atoms with E-state index in [9.17, 15) is 82.7 Å². The van der Waals surface area contributed by atoms with Crippen molar-refractivity contribution in [3.8, 4) is 0 Å². The molecule has 2 unspecified atom stereocenters. The van der Waals surface area contributed by atoms with Gasteiger partial charge in [-0.05, 0) is 75.9 Å². The Bertz CT molecular complexity index is 3330. The fourth-order valence-corrected chi connectivity index (χ4v) is 6.54. The van der Waals surface area contributed by atoms with Crippen LogP contribution in [0.25, 0.3) is 0 Å². The van der Waals surface area contributed by atoms with E-state index in [2.05, 4.69) is 40.9 Å². The van der Waals surface area contributed by atoms with E-state index in [0.717, 1.165) is 50.2 Å². The van der Waals surface area contributed by atoms with Crippen molar-refractivity contribution < 1.29 is 68.3 Å². The van der Waals surface area contributed by atoms with Crippen LogP contribution in [0.3, 0.4) is 0 Å². The third kappa shape index (κ3) is 14.3. The number of ketones is 1. The topological polar surface area (TPSA) is 343 Å². The maximum Gasteiger partial charge on any atom is 0.449 e. The lowest BCUT2D eigenvalue weighted by atomic mass is 10.2. The number of anilines is 5. The summed E-state index contributed by atoms with van der Waals surface area (Å²) in [7, 11) is 0. The number of nitrogens with one attached hydrogen (secondary N) is 6. The molecular formula is C43H39Cl2F9N14O9. The van der Waals surface area contributed by atoms with Crippen LogP contribution in [0.5, 0.6) is 0 Å². The van der Waals surface area contributed by atoms with Gasteiger partial charge in [-0.3, -0.25) is 52.3 Å². The van der Waals surface area contributed by atoms with E-state index >= 15 is 0 Å². The predicted octanol–water partition coefficient (Wildman–Crippen LogP) is 4.86. The Balaban J connectivity index is 0.000000194. The van der Waals surface area contributed by atoms with Crippen molar-refractivity contribution in [2.75, 3.05) is 21.7 Å². The van der Waals surface area contributed by atoms with E-state index in [4.69, 9.17) is 34.7 Å². The molecule has 23 nitrogen and oxygen atoms in total. The minimum atomic E-state index is -4.90. The molecule has 10 N–H and O–H groups in total. The van der Waals surface area contributed by atoms with Crippen molar-refractivity contribution in [2.45, 2.75) is 76.3 Å². The van der Waals surface area contributed by atoms with Gasteiger partial charge >= 0.3 is 18.5 Å². The van der Waals surface area contributed by atoms with Crippen molar-refractivity contribution in [3.05, 3.63) is 119 Å². The number of nitrogens with zero attached hydrogens (tertiary/aromatic N) is 6. The molecule has 2 saturated carbocycles. The van der Waals surface area contributed by atoms with Crippen LogP contribution in [0.4, 0.5) is 68.5 Å². The second-order valence-corrected chi connectivity index (χ2v) is 17.6. The summed E-state index contributed by atoms with van der Waals surface area (Å²) >= 11 is 10.9. The summed E-state index contributed by atoms with van der Waals surface area (Å²) in [6.07, 6.45) is -8.30. The molecule has 2 atom stereocenters. The summed E-state index contributed by atoms with van der Waals surface area (Å²) in [5.41, 5.74) is 1.12. The van der Waals surface area contributed by atoms with E-state index in [1.165, 1.54) is 30.6 Å². The van der Waals surface area contributed by atoms with Gasteiger partial charge in [0.05, 0.1) is 0 Å². The van der Waals surface area contributed by atoms with Crippen molar-refractivity contribution in [3.63, 3.8) is 0 Å². The molecule has 0 bridgehead atoms. The number of pyridine rings is 3. The van der Waals surface area contributed by atoms with E-state index in [1.54, 1.807) is 11.4 Å². The average molecular weight is 1140 g/mol. The number of Topliss-reactive ketones (excluding diaryl/α,β-unsaturated/α-hetero) is 1. The third-order valence-electron chi connectivity index (χ3n) is 10.8. The smallest absolute Gasteiger partial charge is 0.384 e. The minimum absolute atomic E-state index is 0.0260. The maximum atomic E-state index is 13.5. The summed E-state index contributed by atoms with van der Waals surface area (Å²) in [5.74, 6) is -3.30. The number of aromatic amines is 1. The minimum Gasteiger partial charge on any atom is -0.384 e. The Labute approximate surface area is 434 Å². The number of alkyl halides is 9. The van der Waals surface area contributed by atoms with Gasteiger partial charge in [0.15, 0.2) is 0 Å². The number of carbonyl (C=O) groups excluding carboxylic acids is 6. The highest BCUT2D eigenvalue weighted by atomic mass is 35.5. The van der Waals surface area contributed by atoms with Crippen LogP contribution in [-0.2, 0) is 25.7 Å². The van der Waals surface area contributed by atoms with Crippen molar-refractivity contribution in [1.82, 2.24) is 44.7 Å². The fourth-order valence-electron chi connectivity index (χ4n) is 6.29. The predicted molar refractivity (Wildman–Crippen MR) is 253 cm³/mol. The van der Waals surface area contributed by atoms with Crippen LogP contribution in [-0.4, -0.2) is 87.9 Å². The molecule has 5 amide bonds. The number of amides is 5. The van der Waals surface area contributed by atoms with Crippen LogP contribution < -0.4 is 54.7 Å². The van der Waals surface area contributed by atoms with E-state index in [0.29, 0.717) is 41.5 Å². The van der Waals surface area contributed by atoms with Gasteiger partial charge in [-0.25, -0.2) is 19.9 Å². The van der Waals surface area contributed by atoms with Gasteiger partial charge in [-0.2, -0.15) is 39.5 Å². The number of nitrogen functional groups attached to an aromatic ring is 1. The van der Waals surface area contributed by atoms with Crippen LogP contribution in [0, 0.1) is 11.8 Å². The Morgan fingerprint density at radius 1 is 0.649 bits per heavy atom. The molecule has 34 heteroatoms. The molecule has 9 rings (SSSR count). The first-order chi connectivity index (χ1) is 35.6. The fraction of sp³-hybridized carbons (Fsp3) is 0.326. The molecule has 0 saturated heterocycles. The number of aromatic nitrogens is 7. The summed E-state index contributed by atoms with van der Waals surface area (Å²) < 4.78 is 112. The molecule has 412 valence electrons. The maximum absolute atomic E-state index is 13.5. The molecule has 5 aromatic heterocycles. The molecule has 4 aliphatic rings. The normalized spacial score (nSPS) is 18.0. The summed E-state index contributed by atoms with van der Waals surface area (Å²) in [6.45, 7) is 1.90. The number of H-pyrrole nitrogens is 1. The zero-order valence-electron chi connectivity index (χ0n) is 39.4. The largest absolute Gasteiger partial charge is 0.449 e. The zero-order valence-corrected chi connectivity index (χ0v) is 40.9. The first kappa shape index (κ1) is 59.5. The van der Waals surface area contributed by atoms with E-state index < -0.39 is 75.7 Å². The summed E-state index contributed by atoms with van der Waals surface area (Å²) in [6, 6.07) is 10.1. The molecule has 5 aromatic rings. The van der Waals surface area contributed by atoms with Gasteiger partial charge in [-0.15, -0.1) is 0 Å². The van der Waals surface area contributed by atoms with Crippen LogP contribution in [0.1, 0.15) is 77.9 Å². The first-order valence-corrected chi connectivity index (χ1v) is 22.4. The van der Waals surface area contributed by atoms with Gasteiger partial charge in [0.2, 0.25) is 28.9 Å². The second kappa shape index (κ2) is 22.8. The van der Waals surface area contributed by atoms with Crippen molar-refractivity contribution >= 4 is 87.5 Å². The first-order valence-electron chi connectivity index (χ1n) is 21.6. The number of fused-ring (bicyclic) bond motifs is 2. The SMILES string of the molecule is CC(=O)C(F)(F)F.CC1(C(F)(F)F)NC(=O)c2ccc(Cl)c(=O)n21.CC1(C(F)(F)F)NC(=O)c2ccc(Nc3cc(NC(=O)C4CC4)ncn3)c(=O)n21.NC(=O)c1ccc(Cl)c(=O)[nH]1.Nc1cc(NC(=O)C2CC2)ncn1. The van der Waals surface area contributed by atoms with Crippen molar-refractivity contribution in [1.29, 1.82) is 0 Å². The Morgan fingerprint density at radius 2 is 1.08 bits per heavy atom. The van der Waals surface area contributed by atoms with Gasteiger partial charge in [0.1, 0.15) is 68.7 Å². The van der Waals surface area contributed by atoms with Gasteiger partial charge in [-0.1, -0.05) is 23.2 Å². The van der Waals surface area contributed by atoms with Gasteiger partial charge in [0.25, 0.3) is 34.4 Å². The molecule has 0 spiro atoms. The quantitative estimate of drug-likeness (QED) is 0.101. The molecule has 0 aromatic carbocycles. The number of rotatable bonds is 7. The monoisotopic (exact) mass is 1140 g/mol. The molecule has 2 aliphatic carbocycles. The molecule has 2 aliphatic heterocycles. The lowest BCUT2D eigenvalue weighted by molar-refractivity contribution is -0.213. The average Bonchev–Trinajstić information content (AvgIpc) is 4.27.